The Morgan fingerprint density at radius 3 is 2.67 bits per heavy atom. The third-order valence-corrected chi connectivity index (χ3v) is 9.79. The van der Waals surface area contributed by atoms with Crippen molar-refractivity contribution in [3.8, 4) is 0 Å². The molecule has 6 nitrogen and oxygen atoms in total. The molecule has 2 saturated carbocycles. The lowest BCUT2D eigenvalue weighted by Crippen LogP contribution is -2.62. The lowest BCUT2D eigenvalue weighted by molar-refractivity contribution is -0.172. The van der Waals surface area contributed by atoms with E-state index in [1.807, 2.05) is 36.2 Å². The number of benzene rings is 2. The molecule has 5 atom stereocenters. The standard InChI is InChI=1S/C33H48N4O2/c1-23(2)6-4-7-25(34)17-19-37(28-9-5-8-27(20-28)35-3)32(38)36-26-13-10-24(11-14-26)12-15-29-30-16-18-33(30)22-39-21-31(29)33/h5,8-11,13-14,20,23,29-32,34-36,38H,4,6-7,12,15-19,21-22H2,1-3H3/t29?,30?,31?,32-,33?/m0/s1. The summed E-state index contributed by atoms with van der Waals surface area (Å²) in [7, 11) is 1.90. The van der Waals surface area contributed by atoms with Crippen LogP contribution in [0.4, 0.5) is 17.1 Å². The maximum Gasteiger partial charge on any atom is 0.205 e. The van der Waals surface area contributed by atoms with E-state index in [1.165, 1.54) is 24.8 Å². The van der Waals surface area contributed by atoms with E-state index >= 15 is 0 Å². The van der Waals surface area contributed by atoms with Crippen LogP contribution in [0.5, 0.6) is 0 Å². The van der Waals surface area contributed by atoms with Gasteiger partial charge in [0, 0.05) is 48.2 Å². The van der Waals surface area contributed by atoms with Gasteiger partial charge in [-0.2, -0.15) is 0 Å². The van der Waals surface area contributed by atoms with Crippen molar-refractivity contribution in [3.05, 3.63) is 54.1 Å². The van der Waals surface area contributed by atoms with Crippen LogP contribution in [0.1, 0.15) is 64.4 Å². The first-order valence-electron chi connectivity index (χ1n) is 15.1. The highest BCUT2D eigenvalue weighted by Gasteiger charge is 2.68. The zero-order valence-electron chi connectivity index (χ0n) is 24.1. The van der Waals surface area contributed by atoms with Crippen LogP contribution in [-0.4, -0.2) is 44.0 Å². The fraction of sp³-hybridized carbons (Fsp3) is 0.606. The van der Waals surface area contributed by atoms with E-state index in [-0.39, 0.29) is 0 Å². The SMILES string of the molecule is CNc1cccc(N(CCC(=N)CCCC(C)C)[C@@H](O)Nc2ccc(CCC3C4CCC45COCC35)cc2)c1. The van der Waals surface area contributed by atoms with Crippen LogP contribution in [0.3, 0.4) is 0 Å². The molecule has 5 rings (SSSR count). The minimum atomic E-state index is -0.893. The van der Waals surface area contributed by atoms with Crippen LogP contribution in [0.15, 0.2) is 48.5 Å². The molecule has 0 amide bonds. The fourth-order valence-electron chi connectivity index (χ4n) is 7.39. The number of hydrogen-bond donors (Lipinski definition) is 4. The molecule has 0 aromatic heterocycles. The van der Waals surface area contributed by atoms with Gasteiger partial charge in [0.25, 0.3) is 0 Å². The van der Waals surface area contributed by atoms with Gasteiger partial charge in [-0.1, -0.05) is 38.5 Å². The van der Waals surface area contributed by atoms with Gasteiger partial charge >= 0.3 is 0 Å². The van der Waals surface area contributed by atoms with E-state index in [4.69, 9.17) is 10.1 Å². The quantitative estimate of drug-likeness (QED) is 0.150. The monoisotopic (exact) mass is 532 g/mol. The molecule has 1 heterocycles. The molecule has 39 heavy (non-hydrogen) atoms. The van der Waals surface area contributed by atoms with Crippen molar-refractivity contribution < 1.29 is 9.84 Å². The summed E-state index contributed by atoms with van der Waals surface area (Å²) >= 11 is 0. The maximum absolute atomic E-state index is 11.3. The number of anilines is 3. The Bertz CT molecular complexity index is 1100. The molecule has 3 fully saturated rings. The normalized spacial score (nSPS) is 25.7. The molecule has 6 heteroatoms. The molecule has 3 aliphatic rings. The van der Waals surface area contributed by atoms with Crippen molar-refractivity contribution in [3.63, 3.8) is 0 Å². The Balaban J connectivity index is 1.16. The molecule has 1 aliphatic heterocycles. The average molecular weight is 533 g/mol. The van der Waals surface area contributed by atoms with E-state index in [0.717, 1.165) is 79.4 Å². The van der Waals surface area contributed by atoms with Crippen molar-refractivity contribution in [2.45, 2.75) is 71.6 Å². The van der Waals surface area contributed by atoms with Gasteiger partial charge in [0.1, 0.15) is 0 Å². The number of nitrogens with one attached hydrogen (secondary N) is 3. The van der Waals surface area contributed by atoms with Gasteiger partial charge < -0.3 is 30.8 Å². The zero-order chi connectivity index (χ0) is 27.4. The number of hydrogen-bond acceptors (Lipinski definition) is 6. The van der Waals surface area contributed by atoms with E-state index in [2.05, 4.69) is 48.7 Å². The minimum absolute atomic E-state index is 0.569. The second-order valence-electron chi connectivity index (χ2n) is 12.6. The van der Waals surface area contributed by atoms with Crippen LogP contribution < -0.4 is 15.5 Å². The maximum atomic E-state index is 11.3. The summed E-state index contributed by atoms with van der Waals surface area (Å²) in [4.78, 5) is 1.96. The number of rotatable bonds is 15. The van der Waals surface area contributed by atoms with Crippen molar-refractivity contribution >= 4 is 22.8 Å². The molecule has 0 bridgehead atoms. The molecule has 4 unspecified atom stereocenters. The highest BCUT2D eigenvalue weighted by molar-refractivity contribution is 5.81. The van der Waals surface area contributed by atoms with E-state index in [9.17, 15) is 5.11 Å². The van der Waals surface area contributed by atoms with Gasteiger partial charge in [-0.05, 0) is 98.1 Å². The number of aryl methyl sites for hydroxylation is 1. The number of aliphatic hydroxyl groups excluding tert-OH is 1. The second-order valence-corrected chi connectivity index (χ2v) is 12.6. The Kier molecular flexibility index (Phi) is 8.82. The molecule has 212 valence electrons. The highest BCUT2D eigenvalue weighted by Crippen LogP contribution is 2.71. The van der Waals surface area contributed by atoms with E-state index in [0.29, 0.717) is 24.3 Å². The molecule has 1 spiro atoms. The fourth-order valence-corrected chi connectivity index (χ4v) is 7.39. The number of nitrogens with zero attached hydrogens (tertiary/aromatic N) is 1. The summed E-state index contributed by atoms with van der Waals surface area (Å²) in [6.07, 6.45) is 7.92. The lowest BCUT2D eigenvalue weighted by Gasteiger charge is -2.65. The van der Waals surface area contributed by atoms with E-state index < -0.39 is 6.35 Å². The topological polar surface area (TPSA) is 80.6 Å². The van der Waals surface area contributed by atoms with Gasteiger partial charge in [-0.25, -0.2) is 0 Å². The van der Waals surface area contributed by atoms with Gasteiger partial charge in [-0.15, -0.1) is 0 Å². The molecule has 4 N–H and O–H groups in total. The van der Waals surface area contributed by atoms with Crippen molar-refractivity contribution in [1.82, 2.24) is 0 Å². The van der Waals surface area contributed by atoms with E-state index in [1.54, 1.807) is 0 Å². The van der Waals surface area contributed by atoms with Crippen LogP contribution in [0, 0.1) is 34.5 Å². The Labute approximate surface area is 235 Å². The third kappa shape index (κ3) is 6.12. The van der Waals surface area contributed by atoms with Crippen LogP contribution >= 0.6 is 0 Å². The molecule has 2 aromatic rings. The van der Waals surface area contributed by atoms with Gasteiger partial charge in [0.05, 0.1) is 13.2 Å². The predicted octanol–water partition coefficient (Wildman–Crippen LogP) is 6.76. The first kappa shape index (κ1) is 28.0. The summed E-state index contributed by atoms with van der Waals surface area (Å²) in [5.41, 5.74) is 5.50. The molecular formula is C33H48N4O2. The van der Waals surface area contributed by atoms with Crippen LogP contribution in [-0.2, 0) is 11.2 Å². The van der Waals surface area contributed by atoms with Gasteiger partial charge in [-0.3, -0.25) is 0 Å². The largest absolute Gasteiger partial charge is 0.388 e. The van der Waals surface area contributed by atoms with Crippen LogP contribution in [0.25, 0.3) is 0 Å². The summed E-state index contributed by atoms with van der Waals surface area (Å²) in [6, 6.07) is 16.6. The van der Waals surface area contributed by atoms with Crippen molar-refractivity contribution in [2.75, 3.05) is 42.3 Å². The second kappa shape index (κ2) is 12.3. The summed E-state index contributed by atoms with van der Waals surface area (Å²) in [5.74, 6) is 3.21. The average Bonchev–Trinajstić information content (AvgIpc) is 3.36. The Morgan fingerprint density at radius 2 is 1.95 bits per heavy atom. The molecule has 0 radical (unpaired) electrons. The summed E-state index contributed by atoms with van der Waals surface area (Å²) in [6.45, 7) is 7.02. The minimum Gasteiger partial charge on any atom is -0.388 e. The molecule has 2 aliphatic carbocycles. The van der Waals surface area contributed by atoms with Crippen molar-refractivity contribution in [1.29, 1.82) is 5.41 Å². The summed E-state index contributed by atoms with van der Waals surface area (Å²) < 4.78 is 5.86. The number of aliphatic hydroxyl groups is 1. The van der Waals surface area contributed by atoms with Crippen molar-refractivity contribution in [2.24, 2.45) is 29.1 Å². The zero-order valence-corrected chi connectivity index (χ0v) is 24.1. The first-order chi connectivity index (χ1) is 18.9. The smallest absolute Gasteiger partial charge is 0.205 e. The molecular weight excluding hydrogens is 484 g/mol. The number of ether oxygens (including phenoxy) is 1. The Hall–Kier alpha value is -2.57. The van der Waals surface area contributed by atoms with Crippen LogP contribution in [0.2, 0.25) is 0 Å². The molecule has 1 saturated heterocycles. The first-order valence-corrected chi connectivity index (χ1v) is 15.1. The Morgan fingerprint density at radius 1 is 1.13 bits per heavy atom. The molecule has 2 aromatic carbocycles. The van der Waals surface area contributed by atoms with Gasteiger partial charge in [0.2, 0.25) is 6.35 Å². The predicted molar refractivity (Wildman–Crippen MR) is 162 cm³/mol. The van der Waals surface area contributed by atoms with Gasteiger partial charge in [0.15, 0.2) is 0 Å². The third-order valence-electron chi connectivity index (χ3n) is 9.79. The highest BCUT2D eigenvalue weighted by atomic mass is 16.5. The lowest BCUT2D eigenvalue weighted by atomic mass is 9.38. The summed E-state index contributed by atoms with van der Waals surface area (Å²) in [5, 5.41) is 26.2.